The number of ether oxygens (including phenoxy) is 1. The number of benzene rings is 2. The summed E-state index contributed by atoms with van der Waals surface area (Å²) in [6.45, 7) is 0. The second-order valence-electron chi connectivity index (χ2n) is 6.32. The van der Waals surface area contributed by atoms with Gasteiger partial charge in [-0.05, 0) is 30.3 Å². The van der Waals surface area contributed by atoms with Gasteiger partial charge in [0.05, 0.1) is 36.3 Å². The quantitative estimate of drug-likeness (QED) is 0.492. The van der Waals surface area contributed by atoms with Crippen molar-refractivity contribution >= 4 is 40.0 Å². The number of hydrogen-bond donors (Lipinski definition) is 2. The summed E-state index contributed by atoms with van der Waals surface area (Å²) in [6.07, 6.45) is 4.49. The fraction of sp³-hybridized carbons (Fsp3) is 0.0455. The van der Waals surface area contributed by atoms with Crippen molar-refractivity contribution in [1.29, 1.82) is 0 Å². The van der Waals surface area contributed by atoms with Crippen LogP contribution in [0.3, 0.4) is 0 Å². The standard InChI is InChI=1S/C22H17N5O3/c1-30-22(29)15-6-2-8-16(11-15)26-19-13-24-18(12-25-19)21(28)27-17-9-3-5-14-7-4-10-23-20(14)17/h2-13H,1H3,(H,25,26)(H,27,28). The maximum Gasteiger partial charge on any atom is 0.337 e. The van der Waals surface area contributed by atoms with E-state index in [1.807, 2.05) is 24.3 Å². The van der Waals surface area contributed by atoms with Crippen LogP contribution in [0.5, 0.6) is 0 Å². The SMILES string of the molecule is COC(=O)c1cccc(Nc2cnc(C(=O)Nc3cccc4cccnc34)cn2)c1. The van der Waals surface area contributed by atoms with Gasteiger partial charge in [0.15, 0.2) is 0 Å². The molecule has 0 aliphatic heterocycles. The number of nitrogens with one attached hydrogen (secondary N) is 2. The average Bonchev–Trinajstić information content (AvgIpc) is 2.79. The number of methoxy groups -OCH3 is 1. The van der Waals surface area contributed by atoms with Crippen LogP contribution in [-0.4, -0.2) is 33.9 Å². The molecule has 0 saturated carbocycles. The number of amides is 1. The third-order valence-electron chi connectivity index (χ3n) is 4.32. The van der Waals surface area contributed by atoms with Crippen LogP contribution in [0.2, 0.25) is 0 Å². The van der Waals surface area contributed by atoms with E-state index in [0.29, 0.717) is 28.3 Å². The maximum atomic E-state index is 12.6. The molecule has 148 valence electrons. The first-order valence-corrected chi connectivity index (χ1v) is 9.06. The van der Waals surface area contributed by atoms with Gasteiger partial charge in [-0.2, -0.15) is 0 Å². The Hall–Kier alpha value is -4.33. The lowest BCUT2D eigenvalue weighted by atomic mass is 10.2. The van der Waals surface area contributed by atoms with E-state index in [0.717, 1.165) is 5.39 Å². The third kappa shape index (κ3) is 4.07. The molecule has 0 radical (unpaired) electrons. The fourth-order valence-electron chi connectivity index (χ4n) is 2.89. The molecule has 0 unspecified atom stereocenters. The molecule has 8 nitrogen and oxygen atoms in total. The minimum absolute atomic E-state index is 0.164. The van der Waals surface area contributed by atoms with E-state index in [4.69, 9.17) is 4.74 Å². The van der Waals surface area contributed by atoms with Crippen molar-refractivity contribution in [2.24, 2.45) is 0 Å². The van der Waals surface area contributed by atoms with Gasteiger partial charge in [-0.25, -0.2) is 14.8 Å². The largest absolute Gasteiger partial charge is 0.465 e. The topological polar surface area (TPSA) is 106 Å². The number of fused-ring (bicyclic) bond motifs is 1. The third-order valence-corrected chi connectivity index (χ3v) is 4.32. The molecule has 8 heteroatoms. The molecule has 0 saturated heterocycles. The summed E-state index contributed by atoms with van der Waals surface area (Å²) < 4.78 is 4.72. The smallest absolute Gasteiger partial charge is 0.337 e. The minimum atomic E-state index is -0.431. The van der Waals surface area contributed by atoms with Crippen LogP contribution in [0.15, 0.2) is 73.2 Å². The summed E-state index contributed by atoms with van der Waals surface area (Å²) in [7, 11) is 1.33. The molecule has 4 rings (SSSR count). The second kappa shape index (κ2) is 8.36. The molecule has 4 aromatic rings. The molecule has 2 aromatic carbocycles. The average molecular weight is 399 g/mol. The lowest BCUT2D eigenvalue weighted by Crippen LogP contribution is -2.14. The van der Waals surface area contributed by atoms with E-state index < -0.39 is 5.97 Å². The van der Waals surface area contributed by atoms with Crippen LogP contribution in [0.25, 0.3) is 10.9 Å². The summed E-state index contributed by atoms with van der Waals surface area (Å²) in [6, 6.07) is 16.1. The summed E-state index contributed by atoms with van der Waals surface area (Å²) >= 11 is 0. The molecule has 0 fully saturated rings. The van der Waals surface area contributed by atoms with Gasteiger partial charge in [0.2, 0.25) is 0 Å². The number of aromatic nitrogens is 3. The number of rotatable bonds is 5. The van der Waals surface area contributed by atoms with Crippen LogP contribution >= 0.6 is 0 Å². The molecule has 2 aromatic heterocycles. The zero-order valence-electron chi connectivity index (χ0n) is 16.0. The summed E-state index contributed by atoms with van der Waals surface area (Å²) in [5.41, 5.74) is 2.52. The highest BCUT2D eigenvalue weighted by Gasteiger charge is 2.11. The number of carbonyl (C=O) groups excluding carboxylic acids is 2. The second-order valence-corrected chi connectivity index (χ2v) is 6.32. The molecule has 0 aliphatic rings. The van der Waals surface area contributed by atoms with Gasteiger partial charge in [-0.3, -0.25) is 9.78 Å². The van der Waals surface area contributed by atoms with Crippen LogP contribution in [-0.2, 0) is 4.74 Å². The minimum Gasteiger partial charge on any atom is -0.465 e. The maximum absolute atomic E-state index is 12.6. The Balaban J connectivity index is 1.48. The molecule has 0 aliphatic carbocycles. The van der Waals surface area contributed by atoms with Crippen molar-refractivity contribution < 1.29 is 14.3 Å². The van der Waals surface area contributed by atoms with Crippen molar-refractivity contribution in [2.75, 3.05) is 17.7 Å². The van der Waals surface area contributed by atoms with Gasteiger partial charge < -0.3 is 15.4 Å². The Morgan fingerprint density at radius 1 is 0.933 bits per heavy atom. The lowest BCUT2D eigenvalue weighted by Gasteiger charge is -2.09. The van der Waals surface area contributed by atoms with Gasteiger partial charge in [0.25, 0.3) is 5.91 Å². The van der Waals surface area contributed by atoms with Crippen LogP contribution in [0.4, 0.5) is 17.2 Å². The number of anilines is 3. The van der Waals surface area contributed by atoms with Crippen molar-refractivity contribution in [3.8, 4) is 0 Å². The normalized spacial score (nSPS) is 10.4. The monoisotopic (exact) mass is 399 g/mol. The summed E-state index contributed by atoms with van der Waals surface area (Å²) in [5, 5.41) is 6.79. The first kappa shape index (κ1) is 19.0. The van der Waals surface area contributed by atoms with Crippen molar-refractivity contribution in [1.82, 2.24) is 15.0 Å². The molecule has 0 spiro atoms. The van der Waals surface area contributed by atoms with Crippen molar-refractivity contribution in [2.45, 2.75) is 0 Å². The van der Waals surface area contributed by atoms with E-state index in [9.17, 15) is 9.59 Å². The number of nitrogens with zero attached hydrogens (tertiary/aromatic N) is 3. The predicted octanol–water partition coefficient (Wildman–Crippen LogP) is 3.81. The first-order chi connectivity index (χ1) is 14.6. The number of esters is 1. The molecule has 0 atom stereocenters. The highest BCUT2D eigenvalue weighted by atomic mass is 16.5. The van der Waals surface area contributed by atoms with Crippen molar-refractivity contribution in [3.05, 3.63) is 84.4 Å². The van der Waals surface area contributed by atoms with E-state index in [1.54, 1.807) is 36.5 Å². The van der Waals surface area contributed by atoms with Crippen LogP contribution in [0.1, 0.15) is 20.8 Å². The predicted molar refractivity (Wildman–Crippen MR) is 113 cm³/mol. The van der Waals surface area contributed by atoms with E-state index in [-0.39, 0.29) is 11.6 Å². The lowest BCUT2D eigenvalue weighted by molar-refractivity contribution is 0.0600. The molecular formula is C22H17N5O3. The van der Waals surface area contributed by atoms with Gasteiger partial charge in [0, 0.05) is 17.3 Å². The zero-order valence-corrected chi connectivity index (χ0v) is 16.0. The zero-order chi connectivity index (χ0) is 20.9. The summed E-state index contributed by atoms with van der Waals surface area (Å²) in [4.78, 5) is 36.9. The van der Waals surface area contributed by atoms with Gasteiger partial charge in [0.1, 0.15) is 11.5 Å². The van der Waals surface area contributed by atoms with Gasteiger partial charge in [-0.1, -0.05) is 24.3 Å². The summed E-state index contributed by atoms with van der Waals surface area (Å²) in [5.74, 6) is -0.389. The highest BCUT2D eigenvalue weighted by molar-refractivity contribution is 6.07. The van der Waals surface area contributed by atoms with Crippen LogP contribution < -0.4 is 10.6 Å². The van der Waals surface area contributed by atoms with Crippen LogP contribution in [0, 0.1) is 0 Å². The van der Waals surface area contributed by atoms with Gasteiger partial charge in [-0.15, -0.1) is 0 Å². The Kier molecular flexibility index (Phi) is 5.29. The Morgan fingerprint density at radius 2 is 1.77 bits per heavy atom. The number of pyridine rings is 1. The van der Waals surface area contributed by atoms with E-state index >= 15 is 0 Å². The molecular weight excluding hydrogens is 382 g/mol. The molecule has 2 N–H and O–H groups in total. The van der Waals surface area contributed by atoms with E-state index in [1.165, 1.54) is 19.5 Å². The number of hydrogen-bond acceptors (Lipinski definition) is 7. The Morgan fingerprint density at radius 3 is 2.57 bits per heavy atom. The fourth-order valence-corrected chi connectivity index (χ4v) is 2.89. The number of para-hydroxylation sites is 1. The number of carbonyl (C=O) groups is 2. The van der Waals surface area contributed by atoms with Gasteiger partial charge >= 0.3 is 5.97 Å². The first-order valence-electron chi connectivity index (χ1n) is 9.06. The highest BCUT2D eigenvalue weighted by Crippen LogP contribution is 2.21. The molecule has 30 heavy (non-hydrogen) atoms. The Labute approximate surface area is 172 Å². The molecule has 0 bridgehead atoms. The van der Waals surface area contributed by atoms with E-state index in [2.05, 4.69) is 25.6 Å². The Bertz CT molecular complexity index is 1220. The van der Waals surface area contributed by atoms with Crippen molar-refractivity contribution in [3.63, 3.8) is 0 Å². The molecule has 1 amide bonds. The molecule has 2 heterocycles.